The lowest BCUT2D eigenvalue weighted by Crippen LogP contribution is -2.31. The van der Waals surface area contributed by atoms with E-state index >= 15 is 0 Å². The Morgan fingerprint density at radius 1 is 1.29 bits per heavy atom. The Morgan fingerprint density at radius 2 is 2.00 bits per heavy atom. The quantitative estimate of drug-likeness (QED) is 0.737. The Hall–Kier alpha value is -2.30. The number of aromatic amines is 1. The van der Waals surface area contributed by atoms with Gasteiger partial charge in [0.05, 0.1) is 6.54 Å². The van der Waals surface area contributed by atoms with Crippen molar-refractivity contribution in [3.63, 3.8) is 0 Å². The van der Waals surface area contributed by atoms with Crippen molar-refractivity contribution in [2.45, 2.75) is 13.5 Å². The van der Waals surface area contributed by atoms with E-state index < -0.39 is 5.69 Å². The molecule has 0 bridgehead atoms. The van der Waals surface area contributed by atoms with Gasteiger partial charge < -0.3 is 5.73 Å². The van der Waals surface area contributed by atoms with Gasteiger partial charge in [0.25, 0.3) is 5.56 Å². The SMILES string of the molecule is Cc1cn(Cc2ccccc2N)c(=O)[nH]c1=O. The van der Waals surface area contributed by atoms with Crippen LogP contribution in [-0.4, -0.2) is 9.55 Å². The second-order valence-corrected chi connectivity index (χ2v) is 3.90. The summed E-state index contributed by atoms with van der Waals surface area (Å²) in [4.78, 5) is 25.1. The number of aromatic nitrogens is 2. The molecule has 88 valence electrons. The fraction of sp³-hybridized carbons (Fsp3) is 0.167. The Balaban J connectivity index is 2.44. The molecule has 5 nitrogen and oxygen atoms in total. The number of rotatable bonds is 2. The van der Waals surface area contributed by atoms with Gasteiger partial charge in [-0.15, -0.1) is 0 Å². The molecule has 0 unspecified atom stereocenters. The van der Waals surface area contributed by atoms with Gasteiger partial charge in [0.15, 0.2) is 0 Å². The van der Waals surface area contributed by atoms with E-state index in [1.165, 1.54) is 10.8 Å². The average Bonchev–Trinajstić information content (AvgIpc) is 2.29. The molecular weight excluding hydrogens is 218 g/mol. The predicted octanol–water partition coefficient (Wildman–Crippen LogP) is 0.476. The van der Waals surface area contributed by atoms with E-state index in [0.29, 0.717) is 17.8 Å². The molecule has 0 radical (unpaired) electrons. The highest BCUT2D eigenvalue weighted by molar-refractivity contribution is 5.46. The average molecular weight is 231 g/mol. The van der Waals surface area contributed by atoms with Crippen molar-refractivity contribution in [1.82, 2.24) is 9.55 Å². The number of nitrogens with two attached hydrogens (primary N) is 1. The van der Waals surface area contributed by atoms with Gasteiger partial charge in [-0.2, -0.15) is 0 Å². The summed E-state index contributed by atoms with van der Waals surface area (Å²) < 4.78 is 1.43. The van der Waals surface area contributed by atoms with Crippen molar-refractivity contribution in [3.05, 3.63) is 62.4 Å². The Bertz CT molecular complexity index is 655. The summed E-state index contributed by atoms with van der Waals surface area (Å²) in [6.07, 6.45) is 1.54. The summed E-state index contributed by atoms with van der Waals surface area (Å²) in [6, 6.07) is 7.32. The first kappa shape index (κ1) is 11.2. The van der Waals surface area contributed by atoms with Crippen molar-refractivity contribution in [2.24, 2.45) is 0 Å². The number of anilines is 1. The number of nitrogens with zero attached hydrogens (tertiary/aromatic N) is 1. The van der Waals surface area contributed by atoms with Gasteiger partial charge in [-0.1, -0.05) is 18.2 Å². The van der Waals surface area contributed by atoms with Crippen molar-refractivity contribution in [2.75, 3.05) is 5.73 Å². The summed E-state index contributed by atoms with van der Waals surface area (Å²) in [5.41, 5.74) is 6.99. The van der Waals surface area contributed by atoms with Crippen molar-refractivity contribution >= 4 is 5.69 Å². The van der Waals surface area contributed by atoms with E-state index in [2.05, 4.69) is 4.98 Å². The second-order valence-electron chi connectivity index (χ2n) is 3.90. The summed E-state index contributed by atoms with van der Waals surface area (Å²) in [5.74, 6) is 0. The van der Waals surface area contributed by atoms with Gasteiger partial charge >= 0.3 is 5.69 Å². The third kappa shape index (κ3) is 2.28. The van der Waals surface area contributed by atoms with Crippen LogP contribution in [0.3, 0.4) is 0 Å². The molecule has 0 fully saturated rings. The smallest absolute Gasteiger partial charge is 0.328 e. The molecule has 1 aromatic carbocycles. The molecule has 2 aromatic rings. The number of para-hydroxylation sites is 1. The molecule has 0 amide bonds. The largest absolute Gasteiger partial charge is 0.398 e. The monoisotopic (exact) mass is 231 g/mol. The molecule has 0 saturated carbocycles. The summed E-state index contributed by atoms with van der Waals surface area (Å²) in [5, 5.41) is 0. The van der Waals surface area contributed by atoms with E-state index in [1.807, 2.05) is 18.2 Å². The van der Waals surface area contributed by atoms with Crippen LogP contribution in [0.2, 0.25) is 0 Å². The number of H-pyrrole nitrogens is 1. The second kappa shape index (κ2) is 4.29. The summed E-state index contributed by atoms with van der Waals surface area (Å²) >= 11 is 0. The van der Waals surface area contributed by atoms with Crippen molar-refractivity contribution in [3.8, 4) is 0 Å². The molecular formula is C12H13N3O2. The van der Waals surface area contributed by atoms with Gasteiger partial charge in [0.2, 0.25) is 0 Å². The zero-order valence-corrected chi connectivity index (χ0v) is 9.43. The highest BCUT2D eigenvalue weighted by Crippen LogP contribution is 2.10. The number of nitrogens with one attached hydrogen (secondary N) is 1. The lowest BCUT2D eigenvalue weighted by molar-refractivity contribution is 0.715. The molecule has 0 spiro atoms. The zero-order chi connectivity index (χ0) is 12.4. The number of nitrogen functional groups attached to an aromatic ring is 1. The van der Waals surface area contributed by atoms with E-state index in [0.717, 1.165) is 5.56 Å². The molecule has 1 heterocycles. The van der Waals surface area contributed by atoms with E-state index in [9.17, 15) is 9.59 Å². The third-order valence-electron chi connectivity index (χ3n) is 2.58. The fourth-order valence-corrected chi connectivity index (χ4v) is 1.60. The highest BCUT2D eigenvalue weighted by Gasteiger charge is 2.03. The van der Waals surface area contributed by atoms with Crippen LogP contribution in [0.15, 0.2) is 40.1 Å². The molecule has 1 aromatic heterocycles. The summed E-state index contributed by atoms with van der Waals surface area (Å²) in [7, 11) is 0. The topological polar surface area (TPSA) is 80.9 Å². The van der Waals surface area contributed by atoms with Crippen LogP contribution in [0.25, 0.3) is 0 Å². The first-order valence-electron chi connectivity index (χ1n) is 5.21. The van der Waals surface area contributed by atoms with Gasteiger partial charge in [0.1, 0.15) is 0 Å². The number of hydrogen-bond acceptors (Lipinski definition) is 3. The molecule has 0 aliphatic rings. The van der Waals surface area contributed by atoms with Crippen LogP contribution in [0.1, 0.15) is 11.1 Å². The lowest BCUT2D eigenvalue weighted by atomic mass is 10.2. The van der Waals surface area contributed by atoms with E-state index in [1.54, 1.807) is 13.0 Å². The van der Waals surface area contributed by atoms with Crippen LogP contribution in [0, 0.1) is 6.92 Å². The maximum Gasteiger partial charge on any atom is 0.328 e. The molecule has 0 saturated heterocycles. The Kier molecular flexibility index (Phi) is 2.82. The lowest BCUT2D eigenvalue weighted by Gasteiger charge is -2.08. The van der Waals surface area contributed by atoms with Gasteiger partial charge in [0, 0.05) is 17.4 Å². The molecule has 0 aliphatic heterocycles. The molecule has 17 heavy (non-hydrogen) atoms. The Morgan fingerprint density at radius 3 is 2.71 bits per heavy atom. The van der Waals surface area contributed by atoms with E-state index in [4.69, 9.17) is 5.73 Å². The van der Waals surface area contributed by atoms with Crippen LogP contribution >= 0.6 is 0 Å². The predicted molar refractivity (Wildman–Crippen MR) is 66.0 cm³/mol. The molecule has 2 rings (SSSR count). The van der Waals surface area contributed by atoms with E-state index in [-0.39, 0.29) is 5.56 Å². The highest BCUT2D eigenvalue weighted by atomic mass is 16.2. The first-order valence-corrected chi connectivity index (χ1v) is 5.21. The van der Waals surface area contributed by atoms with Crippen LogP contribution in [0.5, 0.6) is 0 Å². The normalized spacial score (nSPS) is 10.4. The van der Waals surface area contributed by atoms with Crippen molar-refractivity contribution in [1.29, 1.82) is 0 Å². The van der Waals surface area contributed by atoms with Crippen LogP contribution < -0.4 is 17.0 Å². The molecule has 3 N–H and O–H groups in total. The maximum atomic E-state index is 11.6. The van der Waals surface area contributed by atoms with Gasteiger partial charge in [-0.05, 0) is 18.6 Å². The molecule has 0 aliphatic carbocycles. The zero-order valence-electron chi connectivity index (χ0n) is 9.43. The summed E-state index contributed by atoms with van der Waals surface area (Å²) in [6.45, 7) is 2.01. The maximum absolute atomic E-state index is 11.6. The van der Waals surface area contributed by atoms with Crippen LogP contribution in [0.4, 0.5) is 5.69 Å². The van der Waals surface area contributed by atoms with Crippen LogP contribution in [-0.2, 0) is 6.54 Å². The fourth-order valence-electron chi connectivity index (χ4n) is 1.60. The minimum Gasteiger partial charge on any atom is -0.398 e. The minimum absolute atomic E-state index is 0.350. The number of hydrogen-bond donors (Lipinski definition) is 2. The van der Waals surface area contributed by atoms with Gasteiger partial charge in [-0.3, -0.25) is 14.3 Å². The Labute approximate surface area is 97.5 Å². The number of benzene rings is 1. The standard InChI is InChI=1S/C12H13N3O2/c1-8-6-15(12(17)14-11(8)16)7-9-4-2-3-5-10(9)13/h2-6H,7,13H2,1H3,(H,14,16,17). The minimum atomic E-state index is -0.427. The molecule has 5 heteroatoms. The molecule has 0 atom stereocenters. The number of aryl methyl sites for hydroxylation is 1. The van der Waals surface area contributed by atoms with Gasteiger partial charge in [-0.25, -0.2) is 4.79 Å². The third-order valence-corrected chi connectivity index (χ3v) is 2.58. The first-order chi connectivity index (χ1) is 8.08. The van der Waals surface area contributed by atoms with Crippen molar-refractivity contribution < 1.29 is 0 Å².